The number of hydrazine groups is 1. The summed E-state index contributed by atoms with van der Waals surface area (Å²) in [4.78, 5) is 14.4. The third-order valence-electron chi connectivity index (χ3n) is 5.63. The van der Waals surface area contributed by atoms with Crippen LogP contribution >= 0.6 is 11.6 Å². The lowest BCUT2D eigenvalue weighted by atomic mass is 10.0. The van der Waals surface area contributed by atoms with Crippen molar-refractivity contribution in [3.8, 4) is 0 Å². The van der Waals surface area contributed by atoms with Crippen LogP contribution in [0.5, 0.6) is 0 Å². The molecule has 164 valence electrons. The van der Waals surface area contributed by atoms with Crippen LogP contribution in [0.4, 0.5) is 4.39 Å². The summed E-state index contributed by atoms with van der Waals surface area (Å²) in [7, 11) is 0. The lowest BCUT2D eigenvalue weighted by molar-refractivity contribution is -0.140. The molecule has 1 N–H and O–H groups in total. The maximum atomic E-state index is 14.4. The van der Waals surface area contributed by atoms with Gasteiger partial charge in [0.2, 0.25) is 5.91 Å². The van der Waals surface area contributed by atoms with Gasteiger partial charge in [0.25, 0.3) is 0 Å². The van der Waals surface area contributed by atoms with Gasteiger partial charge in [-0.15, -0.1) is 11.6 Å². The minimum atomic E-state index is -1.13. The second-order valence-corrected chi connectivity index (χ2v) is 8.98. The Balaban J connectivity index is 1.69. The molecule has 2 unspecified atom stereocenters. The number of ether oxygens (including phenoxy) is 1. The number of hydrogen-bond acceptors (Lipinski definition) is 4. The average molecular weight is 420 g/mol. The number of carbonyl (C=O) groups excluding carboxylic acids is 1. The molecule has 0 aliphatic carbocycles. The smallest absolute Gasteiger partial charge is 0.241 e. The van der Waals surface area contributed by atoms with Gasteiger partial charge in [-0.05, 0) is 26.7 Å². The molecule has 1 amide bonds. The molecule has 0 aromatic heterocycles. The van der Waals surface area contributed by atoms with E-state index < -0.39 is 12.3 Å². The fourth-order valence-corrected chi connectivity index (χ4v) is 4.39. The lowest BCUT2D eigenvalue weighted by Gasteiger charge is -2.36. The van der Waals surface area contributed by atoms with Gasteiger partial charge in [-0.1, -0.05) is 45.4 Å². The summed E-state index contributed by atoms with van der Waals surface area (Å²) in [6.07, 6.45) is 8.31. The minimum absolute atomic E-state index is 0.000732. The quantitative estimate of drug-likeness (QED) is 0.309. The third-order valence-corrected chi connectivity index (χ3v) is 6.04. The Morgan fingerprint density at radius 2 is 1.89 bits per heavy atom. The Hall–Kier alpha value is -0.430. The van der Waals surface area contributed by atoms with Crippen molar-refractivity contribution >= 4 is 17.5 Å². The number of alkyl halides is 2. The third kappa shape index (κ3) is 7.43. The molecule has 2 fully saturated rings. The van der Waals surface area contributed by atoms with E-state index in [2.05, 4.69) is 12.3 Å². The Morgan fingerprint density at radius 1 is 1.21 bits per heavy atom. The zero-order valence-corrected chi connectivity index (χ0v) is 18.6. The van der Waals surface area contributed by atoms with Gasteiger partial charge in [-0.2, -0.15) is 0 Å². The fourth-order valence-electron chi connectivity index (χ4n) is 4.06. The maximum absolute atomic E-state index is 14.4. The van der Waals surface area contributed by atoms with Gasteiger partial charge in [0.1, 0.15) is 17.7 Å². The van der Waals surface area contributed by atoms with Crippen molar-refractivity contribution in [3.05, 3.63) is 0 Å². The summed E-state index contributed by atoms with van der Waals surface area (Å²) >= 11 is 6.45. The first-order valence-corrected chi connectivity index (χ1v) is 11.6. The number of unbranched alkanes of at least 4 members (excludes halogenated alkanes) is 6. The molecular weight excluding hydrogens is 381 g/mol. The lowest BCUT2D eigenvalue weighted by Crippen LogP contribution is -2.54. The van der Waals surface area contributed by atoms with Crippen molar-refractivity contribution in [3.63, 3.8) is 0 Å². The van der Waals surface area contributed by atoms with Crippen molar-refractivity contribution in [2.75, 3.05) is 19.6 Å². The van der Waals surface area contributed by atoms with E-state index in [-0.39, 0.29) is 30.1 Å². The number of nitrogens with zero attached hydrogens (tertiary/aromatic N) is 2. The second kappa shape index (κ2) is 12.3. The summed E-state index contributed by atoms with van der Waals surface area (Å²) in [6, 6.07) is -0.346. The van der Waals surface area contributed by atoms with Crippen molar-refractivity contribution in [1.82, 2.24) is 15.3 Å². The Bertz CT molecular complexity index is 469. The molecule has 2 rings (SSSR count). The van der Waals surface area contributed by atoms with Crippen LogP contribution in [0.15, 0.2) is 0 Å². The van der Waals surface area contributed by atoms with Crippen LogP contribution in [0.1, 0.15) is 78.6 Å². The molecule has 28 heavy (non-hydrogen) atoms. The number of nitrogens with one attached hydrogen (secondary N) is 1. The van der Waals surface area contributed by atoms with Crippen LogP contribution in [0, 0.1) is 0 Å². The highest BCUT2D eigenvalue weighted by Crippen LogP contribution is 2.24. The first-order chi connectivity index (χ1) is 13.4. The van der Waals surface area contributed by atoms with E-state index in [1.165, 1.54) is 38.5 Å². The van der Waals surface area contributed by atoms with Crippen LogP contribution in [-0.4, -0.2) is 65.4 Å². The molecule has 0 bridgehead atoms. The number of carbonyl (C=O) groups is 1. The predicted molar refractivity (Wildman–Crippen MR) is 112 cm³/mol. The minimum Gasteiger partial charge on any atom is -0.372 e. The van der Waals surface area contributed by atoms with Gasteiger partial charge in [-0.25, -0.2) is 14.8 Å². The monoisotopic (exact) mass is 419 g/mol. The van der Waals surface area contributed by atoms with Gasteiger partial charge in [0.05, 0.1) is 18.8 Å². The predicted octanol–water partition coefficient (Wildman–Crippen LogP) is 4.24. The summed E-state index contributed by atoms with van der Waals surface area (Å²) in [5.74, 6) is -0.0432. The van der Waals surface area contributed by atoms with E-state index in [9.17, 15) is 9.18 Å². The number of likely N-dealkylation sites (tertiary alicyclic amines) is 1. The summed E-state index contributed by atoms with van der Waals surface area (Å²) in [6.45, 7) is 7.55. The highest BCUT2D eigenvalue weighted by Gasteiger charge is 2.39. The van der Waals surface area contributed by atoms with Crippen molar-refractivity contribution in [2.24, 2.45) is 0 Å². The van der Waals surface area contributed by atoms with E-state index in [1.807, 2.05) is 18.9 Å². The topological polar surface area (TPSA) is 44.8 Å². The van der Waals surface area contributed by atoms with E-state index in [4.69, 9.17) is 16.3 Å². The molecule has 2 aliphatic rings. The van der Waals surface area contributed by atoms with Crippen LogP contribution in [0.3, 0.4) is 0 Å². The zero-order chi connectivity index (χ0) is 20.5. The summed E-state index contributed by atoms with van der Waals surface area (Å²) in [5, 5.41) is 1.98. The first kappa shape index (κ1) is 23.8. The molecule has 2 heterocycles. The SMILES string of the molecule is CCCCCCCCCN1NC(C(=O)N2CC[C@H](OC(C)C)[C@H](F)C2)CC1Cl. The fraction of sp³-hybridized carbons (Fsp3) is 0.952. The molecule has 0 aromatic rings. The van der Waals surface area contributed by atoms with E-state index in [0.717, 1.165) is 13.0 Å². The van der Waals surface area contributed by atoms with Crippen LogP contribution in [0.25, 0.3) is 0 Å². The summed E-state index contributed by atoms with van der Waals surface area (Å²) in [5.41, 5.74) is 3.08. The molecule has 0 spiro atoms. The van der Waals surface area contributed by atoms with Crippen molar-refractivity contribution < 1.29 is 13.9 Å². The van der Waals surface area contributed by atoms with Crippen LogP contribution < -0.4 is 5.43 Å². The van der Waals surface area contributed by atoms with E-state index >= 15 is 0 Å². The van der Waals surface area contributed by atoms with E-state index in [0.29, 0.717) is 19.4 Å². The van der Waals surface area contributed by atoms with Crippen LogP contribution in [-0.2, 0) is 9.53 Å². The number of amides is 1. The molecule has 7 heteroatoms. The van der Waals surface area contributed by atoms with Crippen molar-refractivity contribution in [2.45, 2.75) is 108 Å². The largest absolute Gasteiger partial charge is 0.372 e. The molecular formula is C21H39ClFN3O2. The van der Waals surface area contributed by atoms with E-state index in [1.54, 1.807) is 4.90 Å². The van der Waals surface area contributed by atoms with Crippen molar-refractivity contribution in [1.29, 1.82) is 0 Å². The van der Waals surface area contributed by atoms with Gasteiger partial charge in [0.15, 0.2) is 0 Å². The second-order valence-electron chi connectivity index (χ2n) is 8.48. The molecule has 4 atom stereocenters. The number of rotatable bonds is 11. The van der Waals surface area contributed by atoms with Gasteiger partial charge in [0, 0.05) is 19.5 Å². The zero-order valence-electron chi connectivity index (χ0n) is 17.8. The molecule has 5 nitrogen and oxygen atoms in total. The molecule has 0 aromatic carbocycles. The van der Waals surface area contributed by atoms with Gasteiger partial charge in [-0.3, -0.25) is 4.79 Å². The number of halogens is 2. The Kier molecular flexibility index (Phi) is 10.5. The highest BCUT2D eigenvalue weighted by molar-refractivity contribution is 6.20. The highest BCUT2D eigenvalue weighted by atomic mass is 35.5. The number of hydrogen-bond donors (Lipinski definition) is 1. The Morgan fingerprint density at radius 3 is 2.54 bits per heavy atom. The average Bonchev–Trinajstić information content (AvgIpc) is 3.02. The molecule has 0 radical (unpaired) electrons. The van der Waals surface area contributed by atoms with Gasteiger partial charge >= 0.3 is 0 Å². The number of piperidine rings is 1. The normalized spacial score (nSPS) is 29.0. The first-order valence-electron chi connectivity index (χ1n) is 11.2. The molecule has 2 aliphatic heterocycles. The molecule has 2 saturated heterocycles. The molecule has 0 saturated carbocycles. The Labute approximate surface area is 175 Å². The van der Waals surface area contributed by atoms with Gasteiger partial charge < -0.3 is 9.64 Å². The maximum Gasteiger partial charge on any atom is 0.241 e. The standard InChI is InChI=1S/C21H39ClFN3O2/c1-4-5-6-7-8-9-10-12-26-20(22)14-18(24-26)21(27)25-13-11-19(17(23)15-25)28-16(2)3/h16-20,24H,4-15H2,1-3H3/t17-,18?,19+,20?/m1/s1. The van der Waals surface area contributed by atoms with Crippen LogP contribution in [0.2, 0.25) is 0 Å². The summed E-state index contributed by atoms with van der Waals surface area (Å²) < 4.78 is 20.0.